The van der Waals surface area contributed by atoms with Crippen molar-refractivity contribution >= 4 is 16.0 Å². The quantitative estimate of drug-likeness (QED) is 0.606. The molecule has 0 saturated heterocycles. The highest BCUT2D eigenvalue weighted by Gasteiger charge is 2.40. The molecule has 140 valence electrons. The van der Waals surface area contributed by atoms with Crippen molar-refractivity contribution in [1.82, 2.24) is 5.16 Å². The number of sulfonamides is 1. The molecule has 0 saturated carbocycles. The van der Waals surface area contributed by atoms with Crippen molar-refractivity contribution in [3.05, 3.63) is 60.4 Å². The Balaban J connectivity index is 2.26. The minimum atomic E-state index is -3.89. The van der Waals surface area contributed by atoms with E-state index in [9.17, 15) is 23.4 Å². The number of aliphatic carboxylic acids is 1. The zero-order valence-electron chi connectivity index (χ0n) is 14.2. The molecule has 1 unspecified atom stereocenters. The van der Waals surface area contributed by atoms with Crippen LogP contribution in [0.4, 0.5) is 0 Å². The van der Waals surface area contributed by atoms with Gasteiger partial charge in [0.05, 0.1) is 10.5 Å². The number of carbonyl (C=O) groups is 1. The summed E-state index contributed by atoms with van der Waals surface area (Å²) >= 11 is 0. The number of nitrogens with zero attached hydrogens (tertiary/aromatic N) is 1. The molecule has 1 atom stereocenters. The Bertz CT molecular complexity index is 1090. The van der Waals surface area contributed by atoms with E-state index in [-0.39, 0.29) is 16.2 Å². The molecule has 0 aliphatic rings. The van der Waals surface area contributed by atoms with Gasteiger partial charge in [0, 0.05) is 5.56 Å². The first-order valence-electron chi connectivity index (χ1n) is 7.77. The molecule has 27 heavy (non-hydrogen) atoms. The fourth-order valence-corrected chi connectivity index (χ4v) is 3.11. The van der Waals surface area contributed by atoms with Crippen molar-refractivity contribution in [3.8, 4) is 22.4 Å². The molecule has 0 aliphatic carbocycles. The lowest BCUT2D eigenvalue weighted by atomic mass is 9.92. The van der Waals surface area contributed by atoms with Crippen LogP contribution in [0.5, 0.6) is 0 Å². The average Bonchev–Trinajstić information content (AvgIpc) is 3.07. The molecule has 0 bridgehead atoms. The molecule has 0 radical (unpaired) electrons. The highest BCUT2D eigenvalue weighted by atomic mass is 32.2. The number of hydrogen-bond donors (Lipinski definition) is 3. The van der Waals surface area contributed by atoms with Gasteiger partial charge in [-0.3, -0.25) is 0 Å². The third-order valence-corrected chi connectivity index (χ3v) is 5.00. The van der Waals surface area contributed by atoms with E-state index in [0.29, 0.717) is 16.8 Å². The van der Waals surface area contributed by atoms with Gasteiger partial charge in [-0.2, -0.15) is 0 Å². The van der Waals surface area contributed by atoms with E-state index < -0.39 is 21.6 Å². The lowest BCUT2D eigenvalue weighted by Crippen LogP contribution is -2.31. The van der Waals surface area contributed by atoms with Gasteiger partial charge in [-0.05, 0) is 24.6 Å². The van der Waals surface area contributed by atoms with E-state index in [4.69, 9.17) is 9.66 Å². The Hall–Kier alpha value is -3.01. The Kier molecular flexibility index (Phi) is 4.60. The Morgan fingerprint density at radius 1 is 1.07 bits per heavy atom. The molecule has 1 aromatic heterocycles. The van der Waals surface area contributed by atoms with Crippen LogP contribution in [0.15, 0.2) is 64.0 Å². The summed E-state index contributed by atoms with van der Waals surface area (Å²) in [5.74, 6) is -1.78. The number of hydrogen-bond acceptors (Lipinski definition) is 6. The van der Waals surface area contributed by atoms with Crippen molar-refractivity contribution < 1.29 is 27.9 Å². The molecule has 3 aromatic rings. The minimum Gasteiger partial charge on any atom is -0.479 e. The second-order valence-corrected chi connectivity index (χ2v) is 7.61. The van der Waals surface area contributed by atoms with Crippen LogP contribution in [-0.2, 0) is 20.4 Å². The smallest absolute Gasteiger partial charge is 0.343 e. The number of carboxylic acids is 1. The lowest BCUT2D eigenvalue weighted by molar-refractivity contribution is -0.159. The maximum Gasteiger partial charge on any atom is 0.343 e. The van der Waals surface area contributed by atoms with Gasteiger partial charge in [0.25, 0.3) is 0 Å². The molecule has 2 aromatic carbocycles. The number of nitrogens with two attached hydrogens (primary N) is 1. The molecule has 3 rings (SSSR count). The molecular weight excluding hydrogens is 372 g/mol. The molecule has 1 heterocycles. The van der Waals surface area contributed by atoms with Crippen molar-refractivity contribution in [2.45, 2.75) is 17.4 Å². The number of aliphatic hydroxyl groups is 1. The molecular formula is C18H16N2O6S. The van der Waals surface area contributed by atoms with Crippen molar-refractivity contribution in [1.29, 1.82) is 0 Å². The van der Waals surface area contributed by atoms with Crippen LogP contribution in [0.25, 0.3) is 22.4 Å². The first-order valence-corrected chi connectivity index (χ1v) is 9.31. The van der Waals surface area contributed by atoms with Gasteiger partial charge in [0.2, 0.25) is 15.6 Å². The Morgan fingerprint density at radius 3 is 2.19 bits per heavy atom. The van der Waals surface area contributed by atoms with Gasteiger partial charge in [-0.25, -0.2) is 18.4 Å². The van der Waals surface area contributed by atoms with E-state index >= 15 is 0 Å². The minimum absolute atomic E-state index is 0.101. The summed E-state index contributed by atoms with van der Waals surface area (Å²) in [7, 11) is -3.89. The Morgan fingerprint density at radius 2 is 1.67 bits per heavy atom. The molecule has 0 aliphatic heterocycles. The predicted molar refractivity (Wildman–Crippen MR) is 96.0 cm³/mol. The number of primary sulfonamides is 1. The van der Waals surface area contributed by atoms with Crippen LogP contribution in [-0.4, -0.2) is 29.8 Å². The van der Waals surface area contributed by atoms with Crippen molar-refractivity contribution in [3.63, 3.8) is 0 Å². The molecule has 0 fully saturated rings. The number of carboxylic acid groups (broad SMARTS) is 1. The van der Waals surface area contributed by atoms with Gasteiger partial charge in [0.1, 0.15) is 5.69 Å². The topological polar surface area (TPSA) is 144 Å². The highest BCUT2D eigenvalue weighted by Crippen LogP contribution is 2.39. The standard InChI is InChI=1S/C18H16N2O6S/c1-18(23,17(21)22)16-14(11-7-9-13(10-8-11)27(19,24)25)15(20-26-16)12-5-3-2-4-6-12/h2-10,23H,1H3,(H,21,22)(H2,19,24,25). The molecule has 4 N–H and O–H groups in total. The summed E-state index contributed by atoms with van der Waals surface area (Å²) in [6, 6.07) is 14.3. The van der Waals surface area contributed by atoms with E-state index in [1.807, 2.05) is 0 Å². The van der Waals surface area contributed by atoms with E-state index in [1.165, 1.54) is 24.3 Å². The second kappa shape index (κ2) is 6.62. The van der Waals surface area contributed by atoms with Crippen LogP contribution in [0.3, 0.4) is 0 Å². The highest BCUT2D eigenvalue weighted by molar-refractivity contribution is 7.89. The summed E-state index contributed by atoms with van der Waals surface area (Å²) in [5, 5.41) is 28.8. The maximum atomic E-state index is 11.5. The normalized spacial score (nSPS) is 13.9. The monoisotopic (exact) mass is 388 g/mol. The zero-order valence-corrected chi connectivity index (χ0v) is 15.0. The van der Waals surface area contributed by atoms with E-state index in [1.54, 1.807) is 30.3 Å². The van der Waals surface area contributed by atoms with Crippen LogP contribution in [0.1, 0.15) is 12.7 Å². The predicted octanol–water partition coefficient (Wildman–Crippen LogP) is 1.95. The number of benzene rings is 2. The van der Waals surface area contributed by atoms with E-state index in [2.05, 4.69) is 5.16 Å². The third kappa shape index (κ3) is 3.47. The van der Waals surface area contributed by atoms with Gasteiger partial charge in [-0.1, -0.05) is 47.6 Å². The molecule has 0 spiro atoms. The molecule has 0 amide bonds. The van der Waals surface area contributed by atoms with Gasteiger partial charge >= 0.3 is 5.97 Å². The number of rotatable bonds is 5. The van der Waals surface area contributed by atoms with Crippen LogP contribution < -0.4 is 5.14 Å². The summed E-state index contributed by atoms with van der Waals surface area (Å²) < 4.78 is 28.1. The second-order valence-electron chi connectivity index (χ2n) is 6.05. The van der Waals surface area contributed by atoms with Gasteiger partial charge in [-0.15, -0.1) is 0 Å². The fourth-order valence-electron chi connectivity index (χ4n) is 2.59. The SMILES string of the molecule is CC(O)(C(=O)O)c1onc(-c2ccccc2)c1-c1ccc(S(N)(=O)=O)cc1. The third-order valence-electron chi connectivity index (χ3n) is 4.07. The zero-order chi connectivity index (χ0) is 19.8. The number of aromatic nitrogens is 1. The van der Waals surface area contributed by atoms with Gasteiger partial charge in [0.15, 0.2) is 5.76 Å². The van der Waals surface area contributed by atoms with Crippen molar-refractivity contribution in [2.75, 3.05) is 0 Å². The first kappa shape index (κ1) is 18.8. The van der Waals surface area contributed by atoms with Crippen LogP contribution in [0, 0.1) is 0 Å². The lowest BCUT2D eigenvalue weighted by Gasteiger charge is -2.16. The molecule has 9 heteroatoms. The fraction of sp³-hybridized carbons (Fsp3) is 0.111. The van der Waals surface area contributed by atoms with Gasteiger partial charge < -0.3 is 14.7 Å². The van der Waals surface area contributed by atoms with Crippen LogP contribution >= 0.6 is 0 Å². The summed E-state index contributed by atoms with van der Waals surface area (Å²) in [4.78, 5) is 11.4. The maximum absolute atomic E-state index is 11.5. The van der Waals surface area contributed by atoms with Crippen LogP contribution in [0.2, 0.25) is 0 Å². The first-order chi connectivity index (χ1) is 12.6. The summed E-state index contributed by atoms with van der Waals surface area (Å²) in [5.41, 5.74) is -0.725. The van der Waals surface area contributed by atoms with E-state index in [0.717, 1.165) is 6.92 Å². The summed E-state index contributed by atoms with van der Waals surface area (Å²) in [6.45, 7) is 1.08. The largest absolute Gasteiger partial charge is 0.479 e. The average molecular weight is 388 g/mol. The van der Waals surface area contributed by atoms with Crippen molar-refractivity contribution in [2.24, 2.45) is 5.14 Å². The Labute approximate surface area is 154 Å². The summed E-state index contributed by atoms with van der Waals surface area (Å²) in [6.07, 6.45) is 0. The molecule has 8 nitrogen and oxygen atoms in total.